The number of benzene rings is 2. The van der Waals surface area contributed by atoms with Crippen LogP contribution in [0.2, 0.25) is 5.02 Å². The number of halogens is 1. The van der Waals surface area contributed by atoms with Gasteiger partial charge >= 0.3 is 0 Å². The van der Waals surface area contributed by atoms with Gasteiger partial charge in [0.05, 0.1) is 18.5 Å². The second-order valence-corrected chi connectivity index (χ2v) is 8.60. The van der Waals surface area contributed by atoms with Crippen molar-refractivity contribution in [3.63, 3.8) is 0 Å². The van der Waals surface area contributed by atoms with Crippen LogP contribution in [0.4, 0.5) is 0 Å². The molecule has 1 atom stereocenters. The zero-order chi connectivity index (χ0) is 19.8. The SMILES string of the molecule is CC[C@H](Sc1ccc(Cl)cc1)C(=O)NCc1ccc(CN2CCOCC2)cc1. The van der Waals surface area contributed by atoms with Crippen molar-refractivity contribution in [1.82, 2.24) is 10.2 Å². The number of nitrogens with zero attached hydrogens (tertiary/aromatic N) is 1. The predicted octanol–water partition coefficient (Wildman–Crippen LogP) is 4.36. The molecule has 0 radical (unpaired) electrons. The van der Waals surface area contributed by atoms with Crippen LogP contribution in [0.5, 0.6) is 0 Å². The molecule has 1 amide bonds. The maximum atomic E-state index is 12.6. The molecule has 0 aliphatic carbocycles. The van der Waals surface area contributed by atoms with Gasteiger partial charge in [0.2, 0.25) is 5.91 Å². The summed E-state index contributed by atoms with van der Waals surface area (Å²) in [4.78, 5) is 16.0. The average Bonchev–Trinajstić information content (AvgIpc) is 2.73. The van der Waals surface area contributed by atoms with Gasteiger partial charge in [-0.25, -0.2) is 0 Å². The van der Waals surface area contributed by atoms with Crippen molar-refractivity contribution in [2.75, 3.05) is 26.3 Å². The quantitative estimate of drug-likeness (QED) is 0.647. The van der Waals surface area contributed by atoms with Crippen LogP contribution in [0.3, 0.4) is 0 Å². The predicted molar refractivity (Wildman–Crippen MR) is 116 cm³/mol. The number of morpholine rings is 1. The average molecular weight is 419 g/mol. The van der Waals surface area contributed by atoms with Crippen LogP contribution in [0.25, 0.3) is 0 Å². The van der Waals surface area contributed by atoms with E-state index < -0.39 is 0 Å². The molecule has 0 bridgehead atoms. The lowest BCUT2D eigenvalue weighted by Crippen LogP contribution is -2.35. The third-order valence-corrected chi connectivity index (χ3v) is 6.38. The molecule has 150 valence electrons. The molecule has 1 saturated heterocycles. The third kappa shape index (κ3) is 6.52. The molecule has 2 aromatic rings. The van der Waals surface area contributed by atoms with Gasteiger partial charge in [-0.05, 0) is 41.8 Å². The van der Waals surface area contributed by atoms with Crippen LogP contribution >= 0.6 is 23.4 Å². The van der Waals surface area contributed by atoms with Gasteiger partial charge in [-0.1, -0.05) is 42.8 Å². The summed E-state index contributed by atoms with van der Waals surface area (Å²) in [5, 5.41) is 3.67. The van der Waals surface area contributed by atoms with Crippen molar-refractivity contribution in [2.24, 2.45) is 0 Å². The van der Waals surface area contributed by atoms with Crippen molar-refractivity contribution in [2.45, 2.75) is 36.6 Å². The van der Waals surface area contributed by atoms with Crippen molar-refractivity contribution >= 4 is 29.3 Å². The van der Waals surface area contributed by atoms with E-state index in [1.54, 1.807) is 11.8 Å². The Hall–Kier alpha value is -1.53. The van der Waals surface area contributed by atoms with Gasteiger partial charge in [0.15, 0.2) is 0 Å². The van der Waals surface area contributed by atoms with Crippen LogP contribution in [0.15, 0.2) is 53.4 Å². The van der Waals surface area contributed by atoms with Crippen molar-refractivity contribution < 1.29 is 9.53 Å². The van der Waals surface area contributed by atoms with E-state index in [1.807, 2.05) is 31.2 Å². The Labute approximate surface area is 176 Å². The minimum atomic E-state index is -0.109. The summed E-state index contributed by atoms with van der Waals surface area (Å²) in [5.41, 5.74) is 2.41. The number of rotatable bonds is 8. The first-order valence-corrected chi connectivity index (χ1v) is 11.0. The molecule has 0 unspecified atom stereocenters. The number of thioether (sulfide) groups is 1. The van der Waals surface area contributed by atoms with Gasteiger partial charge in [0, 0.05) is 36.1 Å². The molecule has 1 fully saturated rings. The normalized spacial score (nSPS) is 15.9. The first-order valence-electron chi connectivity index (χ1n) is 9.72. The van der Waals surface area contributed by atoms with Gasteiger partial charge in [-0.15, -0.1) is 11.8 Å². The van der Waals surface area contributed by atoms with E-state index in [-0.39, 0.29) is 11.2 Å². The number of carbonyl (C=O) groups is 1. The zero-order valence-corrected chi connectivity index (χ0v) is 17.8. The monoisotopic (exact) mass is 418 g/mol. The molecule has 3 rings (SSSR count). The van der Waals surface area contributed by atoms with Crippen molar-refractivity contribution in [1.29, 1.82) is 0 Å². The molecule has 6 heteroatoms. The highest BCUT2D eigenvalue weighted by Crippen LogP contribution is 2.26. The van der Waals surface area contributed by atoms with Crippen LogP contribution in [-0.2, 0) is 22.6 Å². The van der Waals surface area contributed by atoms with Gasteiger partial charge in [-0.3, -0.25) is 9.69 Å². The fourth-order valence-electron chi connectivity index (χ4n) is 3.08. The molecule has 0 aromatic heterocycles. The van der Waals surface area contributed by atoms with Gasteiger partial charge < -0.3 is 10.1 Å². The fraction of sp³-hybridized carbons (Fsp3) is 0.409. The van der Waals surface area contributed by atoms with Crippen molar-refractivity contribution in [3.05, 3.63) is 64.7 Å². The fourth-order valence-corrected chi connectivity index (χ4v) is 4.19. The van der Waals surface area contributed by atoms with Gasteiger partial charge in [-0.2, -0.15) is 0 Å². The number of hydrogen-bond acceptors (Lipinski definition) is 4. The summed E-state index contributed by atoms with van der Waals surface area (Å²) in [5.74, 6) is 0.0693. The summed E-state index contributed by atoms with van der Waals surface area (Å²) < 4.78 is 5.39. The molecule has 0 saturated carbocycles. The molecular weight excluding hydrogens is 392 g/mol. The van der Waals surface area contributed by atoms with Crippen LogP contribution in [0, 0.1) is 0 Å². The summed E-state index contributed by atoms with van der Waals surface area (Å²) >= 11 is 7.51. The van der Waals surface area contributed by atoms with E-state index in [4.69, 9.17) is 16.3 Å². The lowest BCUT2D eigenvalue weighted by Gasteiger charge is -2.26. The second kappa shape index (κ2) is 10.9. The minimum Gasteiger partial charge on any atom is -0.379 e. The first kappa shape index (κ1) is 21.2. The number of amides is 1. The third-order valence-electron chi connectivity index (χ3n) is 4.75. The van der Waals surface area contributed by atoms with Crippen LogP contribution < -0.4 is 5.32 Å². The van der Waals surface area contributed by atoms with Gasteiger partial charge in [0.25, 0.3) is 0 Å². The van der Waals surface area contributed by atoms with E-state index in [0.717, 1.165) is 49.7 Å². The summed E-state index contributed by atoms with van der Waals surface area (Å²) in [7, 11) is 0. The summed E-state index contributed by atoms with van der Waals surface area (Å²) in [6.07, 6.45) is 0.775. The first-order chi connectivity index (χ1) is 13.6. The highest BCUT2D eigenvalue weighted by atomic mass is 35.5. The Morgan fingerprint density at radius 3 is 2.39 bits per heavy atom. The Kier molecular flexibility index (Phi) is 8.22. The van der Waals surface area contributed by atoms with Crippen LogP contribution in [-0.4, -0.2) is 42.4 Å². The standard InChI is InChI=1S/C22H27ClN2O2S/c1-2-21(28-20-9-7-19(23)8-10-20)22(26)24-15-17-3-5-18(6-4-17)16-25-11-13-27-14-12-25/h3-10,21H,2,11-16H2,1H3,(H,24,26)/t21-/m0/s1. The molecular formula is C22H27ClN2O2S. The largest absolute Gasteiger partial charge is 0.379 e. The highest BCUT2D eigenvalue weighted by molar-refractivity contribution is 8.00. The molecule has 0 spiro atoms. The molecule has 2 aromatic carbocycles. The second-order valence-electron chi connectivity index (χ2n) is 6.89. The summed E-state index contributed by atoms with van der Waals surface area (Å²) in [6, 6.07) is 16.1. The Bertz CT molecular complexity index is 746. The lowest BCUT2D eigenvalue weighted by molar-refractivity contribution is -0.120. The zero-order valence-electron chi connectivity index (χ0n) is 16.2. The Morgan fingerprint density at radius 2 is 1.75 bits per heavy atom. The topological polar surface area (TPSA) is 41.6 Å². The molecule has 28 heavy (non-hydrogen) atoms. The maximum Gasteiger partial charge on any atom is 0.233 e. The Balaban J connectivity index is 1.47. The number of nitrogens with one attached hydrogen (secondary N) is 1. The smallest absolute Gasteiger partial charge is 0.233 e. The number of carbonyl (C=O) groups excluding carboxylic acids is 1. The molecule has 1 N–H and O–H groups in total. The van der Waals surface area contributed by atoms with Gasteiger partial charge in [0.1, 0.15) is 0 Å². The maximum absolute atomic E-state index is 12.6. The molecule has 1 aliphatic heterocycles. The van der Waals surface area contributed by atoms with Crippen LogP contribution in [0.1, 0.15) is 24.5 Å². The number of hydrogen-bond donors (Lipinski definition) is 1. The summed E-state index contributed by atoms with van der Waals surface area (Å²) in [6.45, 7) is 7.14. The van der Waals surface area contributed by atoms with E-state index >= 15 is 0 Å². The highest BCUT2D eigenvalue weighted by Gasteiger charge is 2.17. The van der Waals surface area contributed by atoms with E-state index in [9.17, 15) is 4.79 Å². The molecule has 1 heterocycles. The Morgan fingerprint density at radius 1 is 1.11 bits per heavy atom. The van der Waals surface area contributed by atoms with E-state index in [1.165, 1.54) is 5.56 Å². The van der Waals surface area contributed by atoms with Crippen molar-refractivity contribution in [3.8, 4) is 0 Å². The lowest BCUT2D eigenvalue weighted by atomic mass is 10.1. The molecule has 1 aliphatic rings. The molecule has 4 nitrogen and oxygen atoms in total. The minimum absolute atomic E-state index is 0.0693. The van der Waals surface area contributed by atoms with E-state index in [0.29, 0.717) is 11.6 Å². The van der Waals surface area contributed by atoms with E-state index in [2.05, 4.69) is 34.5 Å². The number of ether oxygens (including phenoxy) is 1.